The highest BCUT2D eigenvalue weighted by molar-refractivity contribution is 5.89. The van der Waals surface area contributed by atoms with Gasteiger partial charge in [-0.3, -0.25) is 0 Å². The van der Waals surface area contributed by atoms with Crippen LogP contribution in [0.4, 0.5) is 4.39 Å². The van der Waals surface area contributed by atoms with Gasteiger partial charge in [0.15, 0.2) is 0 Å². The van der Waals surface area contributed by atoms with Crippen LogP contribution in [-0.4, -0.2) is 12.6 Å². The van der Waals surface area contributed by atoms with Crippen molar-refractivity contribution in [3.63, 3.8) is 0 Å². The van der Waals surface area contributed by atoms with E-state index in [1.54, 1.807) is 6.07 Å². The van der Waals surface area contributed by atoms with E-state index in [4.69, 9.17) is 4.74 Å². The van der Waals surface area contributed by atoms with Gasteiger partial charge < -0.3 is 4.74 Å². The molecule has 0 atom stereocenters. The van der Waals surface area contributed by atoms with E-state index in [1.165, 1.54) is 50.3 Å². The lowest BCUT2D eigenvalue weighted by atomic mass is 10.1. The molecule has 0 spiro atoms. The Morgan fingerprint density at radius 2 is 1.79 bits per heavy atom. The van der Waals surface area contributed by atoms with Gasteiger partial charge in [-0.2, -0.15) is 0 Å². The van der Waals surface area contributed by atoms with Crippen molar-refractivity contribution in [3.05, 3.63) is 35.6 Å². The van der Waals surface area contributed by atoms with Crippen molar-refractivity contribution in [2.75, 3.05) is 6.61 Å². The Kier molecular flexibility index (Phi) is 7.87. The Bertz CT molecular complexity index is 377. The average molecular weight is 266 g/mol. The summed E-state index contributed by atoms with van der Waals surface area (Å²) in [6.45, 7) is 2.62. The maximum Gasteiger partial charge on any atom is 0.338 e. The van der Waals surface area contributed by atoms with Gasteiger partial charge in [-0.25, -0.2) is 9.18 Å². The Morgan fingerprint density at radius 1 is 1.11 bits per heavy atom. The highest BCUT2D eigenvalue weighted by Crippen LogP contribution is 2.08. The molecule has 0 aliphatic rings. The number of halogens is 1. The number of ether oxygens (including phenoxy) is 1. The molecule has 0 aromatic heterocycles. The Hall–Kier alpha value is -1.38. The van der Waals surface area contributed by atoms with E-state index in [2.05, 4.69) is 6.92 Å². The lowest BCUT2D eigenvalue weighted by Gasteiger charge is -2.05. The first-order valence-electron chi connectivity index (χ1n) is 7.16. The summed E-state index contributed by atoms with van der Waals surface area (Å²) < 4.78 is 18.0. The molecule has 0 bridgehead atoms. The lowest BCUT2D eigenvalue weighted by molar-refractivity contribution is 0.0497. The molecule has 0 aliphatic heterocycles. The number of hydrogen-bond acceptors (Lipinski definition) is 2. The van der Waals surface area contributed by atoms with Gasteiger partial charge in [-0.1, -0.05) is 51.5 Å². The Morgan fingerprint density at radius 3 is 2.47 bits per heavy atom. The van der Waals surface area contributed by atoms with Crippen molar-refractivity contribution in [2.45, 2.75) is 51.9 Å². The summed E-state index contributed by atoms with van der Waals surface area (Å²) in [4.78, 5) is 11.6. The molecule has 1 aromatic carbocycles. The van der Waals surface area contributed by atoms with Gasteiger partial charge >= 0.3 is 5.97 Å². The van der Waals surface area contributed by atoms with Crippen molar-refractivity contribution in [1.82, 2.24) is 0 Å². The second-order valence-corrected chi connectivity index (χ2v) is 4.77. The highest BCUT2D eigenvalue weighted by atomic mass is 19.1. The predicted octanol–water partition coefficient (Wildman–Crippen LogP) is 4.73. The van der Waals surface area contributed by atoms with Crippen molar-refractivity contribution in [1.29, 1.82) is 0 Å². The fourth-order valence-electron chi connectivity index (χ4n) is 1.92. The fraction of sp³-hybridized carbons (Fsp3) is 0.562. The molecule has 2 nitrogen and oxygen atoms in total. The van der Waals surface area contributed by atoms with Crippen LogP contribution in [0.25, 0.3) is 0 Å². The third kappa shape index (κ3) is 6.94. The maximum absolute atomic E-state index is 12.9. The Labute approximate surface area is 115 Å². The minimum atomic E-state index is -0.439. The maximum atomic E-state index is 12.9. The van der Waals surface area contributed by atoms with E-state index in [-0.39, 0.29) is 5.56 Å². The van der Waals surface area contributed by atoms with E-state index in [9.17, 15) is 9.18 Å². The normalized spacial score (nSPS) is 10.4. The first kappa shape index (κ1) is 15.7. The van der Waals surface area contributed by atoms with Crippen LogP contribution >= 0.6 is 0 Å². The number of unbranched alkanes of at least 4 members (excludes halogenated alkanes) is 6. The Balaban J connectivity index is 2.08. The van der Waals surface area contributed by atoms with E-state index in [0.717, 1.165) is 12.8 Å². The van der Waals surface area contributed by atoms with Gasteiger partial charge in [0.2, 0.25) is 0 Å². The molecule has 1 aromatic rings. The number of esters is 1. The van der Waals surface area contributed by atoms with Crippen LogP contribution in [0.3, 0.4) is 0 Å². The zero-order valence-electron chi connectivity index (χ0n) is 11.7. The van der Waals surface area contributed by atoms with Crippen LogP contribution in [-0.2, 0) is 4.74 Å². The summed E-state index contributed by atoms with van der Waals surface area (Å²) in [5.74, 6) is -0.851. The lowest BCUT2D eigenvalue weighted by Crippen LogP contribution is -2.06. The van der Waals surface area contributed by atoms with Crippen molar-refractivity contribution >= 4 is 5.97 Å². The number of hydrogen-bond donors (Lipinski definition) is 0. The zero-order valence-corrected chi connectivity index (χ0v) is 11.7. The van der Waals surface area contributed by atoms with Crippen LogP contribution in [0.5, 0.6) is 0 Å². The van der Waals surface area contributed by atoms with Gasteiger partial charge in [-0.15, -0.1) is 0 Å². The van der Waals surface area contributed by atoms with Gasteiger partial charge in [0.25, 0.3) is 0 Å². The van der Waals surface area contributed by atoms with Gasteiger partial charge in [0, 0.05) is 0 Å². The average Bonchev–Trinajstić information content (AvgIpc) is 2.41. The smallest absolute Gasteiger partial charge is 0.338 e. The predicted molar refractivity (Wildman–Crippen MR) is 74.7 cm³/mol. The molecular formula is C16H23FO2. The third-order valence-corrected chi connectivity index (χ3v) is 3.04. The molecule has 0 aliphatic carbocycles. The first-order valence-corrected chi connectivity index (χ1v) is 7.16. The zero-order chi connectivity index (χ0) is 13.9. The van der Waals surface area contributed by atoms with Crippen molar-refractivity contribution in [3.8, 4) is 0 Å². The van der Waals surface area contributed by atoms with Crippen molar-refractivity contribution < 1.29 is 13.9 Å². The van der Waals surface area contributed by atoms with Crippen LogP contribution < -0.4 is 0 Å². The SMILES string of the molecule is CCCCCCCCCOC(=O)c1cccc(F)c1. The van der Waals surface area contributed by atoms with Gasteiger partial charge in [-0.05, 0) is 24.6 Å². The van der Waals surface area contributed by atoms with Crippen molar-refractivity contribution in [2.24, 2.45) is 0 Å². The van der Waals surface area contributed by atoms with Gasteiger partial charge in [0.05, 0.1) is 12.2 Å². The minimum absolute atomic E-state index is 0.281. The molecule has 0 radical (unpaired) electrons. The first-order chi connectivity index (χ1) is 9.24. The molecule has 0 heterocycles. The largest absolute Gasteiger partial charge is 0.462 e. The van der Waals surface area contributed by atoms with Gasteiger partial charge in [0.1, 0.15) is 5.82 Å². The second kappa shape index (κ2) is 9.54. The summed E-state index contributed by atoms with van der Waals surface area (Å²) in [6.07, 6.45) is 8.26. The molecule has 1 rings (SSSR count). The summed E-state index contributed by atoms with van der Waals surface area (Å²) in [7, 11) is 0. The highest BCUT2D eigenvalue weighted by Gasteiger charge is 2.07. The number of benzene rings is 1. The van der Waals surface area contributed by atoms with E-state index < -0.39 is 11.8 Å². The molecule has 0 fully saturated rings. The molecule has 0 amide bonds. The van der Waals surface area contributed by atoms with E-state index in [1.807, 2.05) is 0 Å². The van der Waals surface area contributed by atoms with E-state index in [0.29, 0.717) is 6.61 Å². The monoisotopic (exact) mass is 266 g/mol. The fourth-order valence-corrected chi connectivity index (χ4v) is 1.92. The molecular weight excluding hydrogens is 243 g/mol. The standard InChI is InChI=1S/C16H23FO2/c1-2-3-4-5-6-7-8-12-19-16(18)14-10-9-11-15(17)13-14/h9-11,13H,2-8,12H2,1H3. The topological polar surface area (TPSA) is 26.3 Å². The quantitative estimate of drug-likeness (QED) is 0.477. The second-order valence-electron chi connectivity index (χ2n) is 4.77. The molecule has 0 N–H and O–H groups in total. The summed E-state index contributed by atoms with van der Waals surface area (Å²) in [6, 6.07) is 5.59. The molecule has 0 saturated heterocycles. The van der Waals surface area contributed by atoms with Crippen LogP contribution in [0.2, 0.25) is 0 Å². The third-order valence-electron chi connectivity index (χ3n) is 3.04. The van der Waals surface area contributed by atoms with Crippen LogP contribution in [0.1, 0.15) is 62.2 Å². The number of rotatable bonds is 9. The number of carbonyl (C=O) groups excluding carboxylic acids is 1. The molecule has 19 heavy (non-hydrogen) atoms. The summed E-state index contributed by atoms with van der Waals surface area (Å²) in [5, 5.41) is 0. The molecule has 0 unspecified atom stereocenters. The minimum Gasteiger partial charge on any atom is -0.462 e. The van der Waals surface area contributed by atoms with Crippen LogP contribution in [0.15, 0.2) is 24.3 Å². The molecule has 3 heteroatoms. The molecule has 0 saturated carbocycles. The summed E-state index contributed by atoms with van der Waals surface area (Å²) >= 11 is 0. The molecule has 106 valence electrons. The van der Waals surface area contributed by atoms with Crippen LogP contribution in [0, 0.1) is 5.82 Å². The van der Waals surface area contributed by atoms with E-state index >= 15 is 0 Å². The number of carbonyl (C=O) groups is 1. The summed E-state index contributed by atoms with van der Waals surface area (Å²) in [5.41, 5.74) is 0.281.